The number of hydrogen-bond donors (Lipinski definition) is 1. The van der Waals surface area contributed by atoms with Crippen LogP contribution in [0.5, 0.6) is 5.75 Å². The first kappa shape index (κ1) is 22.4. The van der Waals surface area contributed by atoms with Crippen LogP contribution in [0.25, 0.3) is 0 Å². The third kappa shape index (κ3) is 6.08. The Morgan fingerprint density at radius 3 is 2.43 bits per heavy atom. The zero-order chi connectivity index (χ0) is 20.9. The van der Waals surface area contributed by atoms with E-state index >= 15 is 0 Å². The number of nitrogens with zero attached hydrogens (tertiary/aromatic N) is 3. The van der Waals surface area contributed by atoms with E-state index in [9.17, 15) is 13.2 Å². The summed E-state index contributed by atoms with van der Waals surface area (Å²) in [5.41, 5.74) is 0.372. The van der Waals surface area contributed by atoms with Crippen molar-refractivity contribution >= 4 is 49.8 Å². The summed E-state index contributed by atoms with van der Waals surface area (Å²) in [7, 11) is -2.17. The number of aromatic nitrogens is 2. The van der Waals surface area contributed by atoms with Crippen molar-refractivity contribution in [1.29, 1.82) is 0 Å². The van der Waals surface area contributed by atoms with E-state index in [1.807, 2.05) is 0 Å². The molecule has 1 atom stereocenters. The number of methoxy groups -OCH3 is 1. The zero-order valence-corrected chi connectivity index (χ0v) is 18.8. The van der Waals surface area contributed by atoms with Crippen LogP contribution in [0.4, 0.5) is 10.8 Å². The highest BCUT2D eigenvalue weighted by Gasteiger charge is 2.29. The summed E-state index contributed by atoms with van der Waals surface area (Å²) in [6, 6.07) is 5.49. The average Bonchev–Trinajstić information content (AvgIpc) is 3.07. The van der Waals surface area contributed by atoms with Gasteiger partial charge in [0.2, 0.25) is 21.1 Å². The molecule has 154 valence electrons. The van der Waals surface area contributed by atoms with Crippen LogP contribution in [0, 0.1) is 5.92 Å². The number of sulfonamides is 1. The van der Waals surface area contributed by atoms with Crippen molar-refractivity contribution in [3.8, 4) is 5.75 Å². The van der Waals surface area contributed by atoms with Gasteiger partial charge >= 0.3 is 0 Å². The summed E-state index contributed by atoms with van der Waals surface area (Å²) < 4.78 is 31.6. The average molecular weight is 445 g/mol. The first-order valence-corrected chi connectivity index (χ1v) is 12.2. The van der Waals surface area contributed by atoms with Crippen LogP contribution in [0.1, 0.15) is 20.8 Å². The Labute approximate surface area is 173 Å². The number of carbonyl (C=O) groups is 1. The van der Waals surface area contributed by atoms with E-state index in [2.05, 4.69) is 29.4 Å². The molecule has 8 nitrogen and oxygen atoms in total. The topological polar surface area (TPSA) is 101 Å². The molecule has 0 bridgehead atoms. The molecule has 1 aromatic carbocycles. The summed E-state index contributed by atoms with van der Waals surface area (Å²) in [5, 5.41) is 11.0. The van der Waals surface area contributed by atoms with Crippen molar-refractivity contribution in [3.63, 3.8) is 0 Å². The van der Waals surface area contributed by atoms with Gasteiger partial charge in [-0.25, -0.2) is 8.42 Å². The quantitative estimate of drug-likeness (QED) is 0.468. The Bertz CT molecular complexity index is 897. The molecular formula is C17H24N4O4S3. The molecule has 2 aromatic rings. The molecule has 0 saturated heterocycles. The highest BCUT2D eigenvalue weighted by atomic mass is 32.2. The molecule has 1 heterocycles. The van der Waals surface area contributed by atoms with Gasteiger partial charge in [-0.1, -0.05) is 36.9 Å². The van der Waals surface area contributed by atoms with Gasteiger partial charge in [-0.3, -0.25) is 14.4 Å². The lowest BCUT2D eigenvalue weighted by Gasteiger charge is -2.27. The molecule has 1 amide bonds. The van der Waals surface area contributed by atoms with Crippen LogP contribution in [0.15, 0.2) is 28.6 Å². The first-order chi connectivity index (χ1) is 13.1. The molecule has 0 radical (unpaired) electrons. The maximum absolute atomic E-state index is 12.7. The zero-order valence-electron chi connectivity index (χ0n) is 16.4. The van der Waals surface area contributed by atoms with Crippen LogP contribution in [0.3, 0.4) is 0 Å². The Balaban J connectivity index is 2.15. The Kier molecular flexibility index (Phi) is 7.67. The van der Waals surface area contributed by atoms with E-state index in [1.54, 1.807) is 36.0 Å². The maximum Gasteiger partial charge on any atom is 0.249 e. The van der Waals surface area contributed by atoms with Crippen molar-refractivity contribution in [1.82, 2.24) is 10.2 Å². The minimum Gasteiger partial charge on any atom is -0.497 e. The third-order valence-corrected chi connectivity index (χ3v) is 7.23. The van der Waals surface area contributed by atoms with Crippen molar-refractivity contribution in [2.45, 2.75) is 31.2 Å². The Morgan fingerprint density at radius 2 is 1.89 bits per heavy atom. The molecule has 0 fully saturated rings. The standard InChI is InChI=1S/C17H24N4O4S3/c1-11(2)10-26-17-20-19-16(27-17)18-15(22)12(3)21(28(5,23)24)13-6-8-14(25-4)9-7-13/h6-9,11-12H,10H2,1-5H3,(H,18,19,22)/t12-/m1/s1. The van der Waals surface area contributed by atoms with Gasteiger partial charge < -0.3 is 4.74 Å². The maximum atomic E-state index is 12.7. The molecule has 1 N–H and O–H groups in total. The van der Waals surface area contributed by atoms with Gasteiger partial charge in [-0.15, -0.1) is 10.2 Å². The van der Waals surface area contributed by atoms with Gasteiger partial charge in [0.1, 0.15) is 11.8 Å². The second kappa shape index (κ2) is 9.57. The number of carbonyl (C=O) groups excluding carboxylic acids is 1. The van der Waals surface area contributed by atoms with Crippen LogP contribution >= 0.6 is 23.1 Å². The van der Waals surface area contributed by atoms with Crippen molar-refractivity contribution in [2.24, 2.45) is 5.92 Å². The number of anilines is 2. The van der Waals surface area contributed by atoms with E-state index in [-0.39, 0.29) is 0 Å². The van der Waals surface area contributed by atoms with Gasteiger partial charge in [-0.05, 0) is 37.1 Å². The number of ether oxygens (including phenoxy) is 1. The van der Waals surface area contributed by atoms with Gasteiger partial charge in [0.15, 0.2) is 4.34 Å². The minimum absolute atomic E-state index is 0.339. The molecule has 0 spiro atoms. The lowest BCUT2D eigenvalue weighted by atomic mass is 10.2. The number of hydrogen-bond acceptors (Lipinski definition) is 8. The molecule has 0 saturated carbocycles. The van der Waals surface area contributed by atoms with Gasteiger partial charge in [0, 0.05) is 5.75 Å². The molecule has 2 rings (SSSR count). The van der Waals surface area contributed by atoms with E-state index < -0.39 is 22.0 Å². The van der Waals surface area contributed by atoms with Crippen LogP contribution in [-0.2, 0) is 14.8 Å². The molecule has 11 heteroatoms. The minimum atomic E-state index is -3.69. The number of nitrogens with one attached hydrogen (secondary N) is 1. The summed E-state index contributed by atoms with van der Waals surface area (Å²) in [6.45, 7) is 5.74. The normalized spacial score (nSPS) is 12.6. The lowest BCUT2D eigenvalue weighted by Crippen LogP contribution is -2.45. The fourth-order valence-corrected chi connectivity index (χ4v) is 5.21. The summed E-state index contributed by atoms with van der Waals surface area (Å²) in [6.07, 6.45) is 1.06. The fourth-order valence-electron chi connectivity index (χ4n) is 2.30. The van der Waals surface area contributed by atoms with Crippen LogP contribution in [-0.4, -0.2) is 49.7 Å². The van der Waals surface area contributed by atoms with Gasteiger partial charge in [-0.2, -0.15) is 0 Å². The Hall–Kier alpha value is -1.85. The van der Waals surface area contributed by atoms with Crippen molar-refractivity contribution < 1.29 is 17.9 Å². The van der Waals surface area contributed by atoms with Crippen molar-refractivity contribution in [3.05, 3.63) is 24.3 Å². The summed E-state index contributed by atoms with van der Waals surface area (Å²) in [5.74, 6) is 1.52. The molecule has 1 aromatic heterocycles. The molecule has 28 heavy (non-hydrogen) atoms. The highest BCUT2D eigenvalue weighted by molar-refractivity contribution is 8.01. The van der Waals surface area contributed by atoms with E-state index in [0.717, 1.165) is 20.7 Å². The second-order valence-electron chi connectivity index (χ2n) is 6.50. The second-order valence-corrected chi connectivity index (χ2v) is 10.6. The SMILES string of the molecule is COc1ccc(N([C@H](C)C(=O)Nc2nnc(SCC(C)C)s2)S(C)(=O)=O)cc1. The predicted octanol–water partition coefficient (Wildman–Crippen LogP) is 3.09. The van der Waals surface area contributed by atoms with E-state index in [0.29, 0.717) is 22.5 Å². The number of amides is 1. The number of thioether (sulfide) groups is 1. The lowest BCUT2D eigenvalue weighted by molar-refractivity contribution is -0.116. The molecule has 0 aliphatic carbocycles. The smallest absolute Gasteiger partial charge is 0.249 e. The van der Waals surface area contributed by atoms with Crippen LogP contribution in [0.2, 0.25) is 0 Å². The van der Waals surface area contributed by atoms with Crippen molar-refractivity contribution in [2.75, 3.05) is 28.7 Å². The van der Waals surface area contributed by atoms with E-state index in [4.69, 9.17) is 4.74 Å². The predicted molar refractivity (Wildman–Crippen MR) is 114 cm³/mol. The highest BCUT2D eigenvalue weighted by Crippen LogP contribution is 2.28. The fraction of sp³-hybridized carbons (Fsp3) is 0.471. The molecule has 0 aliphatic heterocycles. The van der Waals surface area contributed by atoms with Gasteiger partial charge in [0.25, 0.3) is 0 Å². The van der Waals surface area contributed by atoms with E-state index in [1.165, 1.54) is 25.4 Å². The molecular weight excluding hydrogens is 420 g/mol. The Morgan fingerprint density at radius 1 is 1.25 bits per heavy atom. The molecule has 0 aliphatic rings. The largest absolute Gasteiger partial charge is 0.497 e. The first-order valence-electron chi connectivity index (χ1n) is 8.52. The third-order valence-electron chi connectivity index (χ3n) is 3.59. The monoisotopic (exact) mass is 444 g/mol. The summed E-state index contributed by atoms with van der Waals surface area (Å²) in [4.78, 5) is 12.7. The summed E-state index contributed by atoms with van der Waals surface area (Å²) >= 11 is 2.84. The van der Waals surface area contributed by atoms with Crippen LogP contribution < -0.4 is 14.4 Å². The number of benzene rings is 1. The number of rotatable bonds is 9. The molecule has 0 unspecified atom stereocenters. The van der Waals surface area contributed by atoms with Gasteiger partial charge in [0.05, 0.1) is 19.1 Å².